The van der Waals surface area contributed by atoms with Crippen molar-refractivity contribution in [3.8, 4) is 0 Å². The van der Waals surface area contributed by atoms with Crippen molar-refractivity contribution < 1.29 is 19.4 Å². The highest BCUT2D eigenvalue weighted by Crippen LogP contribution is 2.06. The molecule has 0 aliphatic rings. The lowest BCUT2D eigenvalue weighted by molar-refractivity contribution is -0.139. The molecule has 3 N–H and O–H groups in total. The first-order valence-electron chi connectivity index (χ1n) is 7.07. The number of carbonyl (C=O) groups is 2. The van der Waals surface area contributed by atoms with E-state index in [9.17, 15) is 14.7 Å². The Labute approximate surface area is 129 Å². The summed E-state index contributed by atoms with van der Waals surface area (Å²) >= 11 is 0. The number of carboxylic acids is 1. The van der Waals surface area contributed by atoms with Crippen molar-refractivity contribution in [2.75, 3.05) is 13.1 Å². The van der Waals surface area contributed by atoms with Crippen LogP contribution in [0.2, 0.25) is 0 Å². The highest BCUT2D eigenvalue weighted by atomic mass is 16.6. The van der Waals surface area contributed by atoms with Gasteiger partial charge in [-0.15, -0.1) is 0 Å². The van der Waals surface area contributed by atoms with E-state index < -0.39 is 23.7 Å². The van der Waals surface area contributed by atoms with Crippen molar-refractivity contribution in [2.24, 2.45) is 7.05 Å². The number of aliphatic carboxylic acids is 1. The Bertz CT molecular complexity index is 507. The van der Waals surface area contributed by atoms with Crippen LogP contribution in [0.25, 0.3) is 0 Å². The lowest BCUT2D eigenvalue weighted by Gasteiger charge is -2.20. The van der Waals surface area contributed by atoms with E-state index in [0.29, 0.717) is 12.2 Å². The molecule has 0 spiro atoms. The molecule has 0 unspecified atom stereocenters. The van der Waals surface area contributed by atoms with Gasteiger partial charge in [-0.1, -0.05) is 0 Å². The minimum absolute atomic E-state index is 0.279. The summed E-state index contributed by atoms with van der Waals surface area (Å²) in [4.78, 5) is 26.8. The molecular formula is C14H24N4O4. The molecule has 0 aromatic carbocycles. The fourth-order valence-corrected chi connectivity index (χ4v) is 1.75. The second kappa shape index (κ2) is 7.79. The number of aryl methyl sites for hydroxylation is 1. The number of carbonyl (C=O) groups excluding carboxylic acids is 1. The van der Waals surface area contributed by atoms with Gasteiger partial charge in [-0.3, -0.25) is 4.79 Å². The molecule has 0 saturated heterocycles. The number of imidazole rings is 1. The van der Waals surface area contributed by atoms with E-state index in [0.717, 1.165) is 0 Å². The van der Waals surface area contributed by atoms with Crippen LogP contribution in [-0.4, -0.2) is 51.5 Å². The standard InChI is InChI=1S/C14H24N4O4/c1-14(2,3)22-13(21)16-6-5-15-11(12(19)20)7-10-8-18(4)9-17-10/h8-9,11,15H,5-7H2,1-4H3,(H,16,21)(H,19,20)/t11-/m0/s1. The molecule has 0 radical (unpaired) electrons. The Morgan fingerprint density at radius 3 is 2.59 bits per heavy atom. The number of nitrogens with zero attached hydrogens (tertiary/aromatic N) is 2. The minimum atomic E-state index is -0.956. The molecule has 124 valence electrons. The number of alkyl carbamates (subject to hydrolysis) is 1. The minimum Gasteiger partial charge on any atom is -0.480 e. The van der Waals surface area contributed by atoms with Crippen LogP contribution in [0.15, 0.2) is 12.5 Å². The van der Waals surface area contributed by atoms with Crippen LogP contribution in [0.3, 0.4) is 0 Å². The van der Waals surface area contributed by atoms with Crippen LogP contribution in [0.5, 0.6) is 0 Å². The van der Waals surface area contributed by atoms with Gasteiger partial charge in [0, 0.05) is 32.8 Å². The zero-order valence-electron chi connectivity index (χ0n) is 13.4. The average Bonchev–Trinajstić information content (AvgIpc) is 2.76. The van der Waals surface area contributed by atoms with Crippen molar-refractivity contribution in [3.05, 3.63) is 18.2 Å². The Morgan fingerprint density at radius 2 is 2.09 bits per heavy atom. The Kier molecular flexibility index (Phi) is 6.36. The predicted molar refractivity (Wildman–Crippen MR) is 80.6 cm³/mol. The zero-order chi connectivity index (χ0) is 16.8. The first-order chi connectivity index (χ1) is 10.2. The van der Waals surface area contributed by atoms with Crippen molar-refractivity contribution in [1.82, 2.24) is 20.2 Å². The number of nitrogens with one attached hydrogen (secondary N) is 2. The van der Waals surface area contributed by atoms with E-state index >= 15 is 0 Å². The fourth-order valence-electron chi connectivity index (χ4n) is 1.75. The van der Waals surface area contributed by atoms with Crippen molar-refractivity contribution in [1.29, 1.82) is 0 Å². The van der Waals surface area contributed by atoms with Gasteiger partial charge in [-0.25, -0.2) is 9.78 Å². The number of hydrogen-bond acceptors (Lipinski definition) is 5. The van der Waals surface area contributed by atoms with E-state index in [1.54, 1.807) is 37.9 Å². The molecular weight excluding hydrogens is 288 g/mol. The average molecular weight is 312 g/mol. The number of ether oxygens (including phenoxy) is 1. The van der Waals surface area contributed by atoms with Gasteiger partial charge in [-0.2, -0.15) is 0 Å². The number of rotatable bonds is 7. The summed E-state index contributed by atoms with van der Waals surface area (Å²) < 4.78 is 6.85. The van der Waals surface area contributed by atoms with Crippen LogP contribution in [0.1, 0.15) is 26.5 Å². The van der Waals surface area contributed by atoms with Crippen LogP contribution in [-0.2, 0) is 23.0 Å². The van der Waals surface area contributed by atoms with E-state index in [-0.39, 0.29) is 13.0 Å². The lowest BCUT2D eigenvalue weighted by Crippen LogP contribution is -2.43. The molecule has 8 nitrogen and oxygen atoms in total. The summed E-state index contributed by atoms with van der Waals surface area (Å²) in [5.74, 6) is -0.956. The molecule has 0 aliphatic carbocycles. The maximum atomic E-state index is 11.4. The van der Waals surface area contributed by atoms with E-state index in [1.165, 1.54) is 0 Å². The molecule has 1 atom stereocenters. The topological polar surface area (TPSA) is 105 Å². The molecule has 1 amide bonds. The highest BCUT2D eigenvalue weighted by molar-refractivity contribution is 5.73. The number of hydrogen-bond donors (Lipinski definition) is 3. The third kappa shape index (κ3) is 7.07. The molecule has 0 aliphatic heterocycles. The van der Waals surface area contributed by atoms with Gasteiger partial charge in [-0.05, 0) is 20.8 Å². The summed E-state index contributed by atoms with van der Waals surface area (Å²) in [6.45, 7) is 5.93. The van der Waals surface area contributed by atoms with Crippen molar-refractivity contribution in [2.45, 2.75) is 38.8 Å². The van der Waals surface area contributed by atoms with Gasteiger partial charge in [0.1, 0.15) is 11.6 Å². The maximum absolute atomic E-state index is 11.4. The summed E-state index contributed by atoms with van der Waals surface area (Å²) in [6.07, 6.45) is 3.16. The Morgan fingerprint density at radius 1 is 1.41 bits per heavy atom. The highest BCUT2D eigenvalue weighted by Gasteiger charge is 2.19. The summed E-state index contributed by atoms with van der Waals surface area (Å²) in [5, 5.41) is 14.6. The normalized spacial score (nSPS) is 12.7. The number of amides is 1. The van der Waals surface area contributed by atoms with Gasteiger partial charge < -0.3 is 25.0 Å². The van der Waals surface area contributed by atoms with Gasteiger partial charge in [0.25, 0.3) is 0 Å². The number of carboxylic acid groups (broad SMARTS) is 1. The molecule has 1 aromatic heterocycles. The Balaban J connectivity index is 2.33. The third-order valence-corrected chi connectivity index (χ3v) is 2.65. The van der Waals surface area contributed by atoms with E-state index in [2.05, 4.69) is 15.6 Å². The van der Waals surface area contributed by atoms with Crippen LogP contribution >= 0.6 is 0 Å². The molecule has 0 saturated carbocycles. The van der Waals surface area contributed by atoms with Gasteiger partial charge >= 0.3 is 12.1 Å². The maximum Gasteiger partial charge on any atom is 0.407 e. The smallest absolute Gasteiger partial charge is 0.407 e. The van der Waals surface area contributed by atoms with Crippen molar-refractivity contribution in [3.63, 3.8) is 0 Å². The third-order valence-electron chi connectivity index (χ3n) is 2.65. The summed E-state index contributed by atoms with van der Waals surface area (Å²) in [6, 6.07) is -0.754. The zero-order valence-corrected chi connectivity index (χ0v) is 13.4. The second-order valence-electron chi connectivity index (χ2n) is 6.01. The molecule has 8 heteroatoms. The van der Waals surface area contributed by atoms with Gasteiger partial charge in [0.15, 0.2) is 0 Å². The molecule has 1 heterocycles. The summed E-state index contributed by atoms with van der Waals surface area (Å²) in [5.41, 5.74) is 0.141. The van der Waals surface area contributed by atoms with Gasteiger partial charge in [0.05, 0.1) is 12.0 Å². The molecule has 22 heavy (non-hydrogen) atoms. The largest absolute Gasteiger partial charge is 0.480 e. The molecule has 0 bridgehead atoms. The van der Waals surface area contributed by atoms with Gasteiger partial charge in [0.2, 0.25) is 0 Å². The first-order valence-corrected chi connectivity index (χ1v) is 7.07. The van der Waals surface area contributed by atoms with Crippen LogP contribution in [0.4, 0.5) is 4.79 Å². The SMILES string of the molecule is Cn1cnc(C[C@H](NCCNC(=O)OC(C)(C)C)C(=O)O)c1. The monoisotopic (exact) mass is 312 g/mol. The van der Waals surface area contributed by atoms with E-state index in [4.69, 9.17) is 4.74 Å². The fraction of sp³-hybridized carbons (Fsp3) is 0.643. The number of aromatic nitrogens is 2. The van der Waals surface area contributed by atoms with Crippen molar-refractivity contribution >= 4 is 12.1 Å². The molecule has 0 fully saturated rings. The summed E-state index contributed by atoms with van der Waals surface area (Å²) in [7, 11) is 1.82. The quantitative estimate of drug-likeness (QED) is 0.634. The van der Waals surface area contributed by atoms with Crippen LogP contribution in [0, 0.1) is 0 Å². The van der Waals surface area contributed by atoms with Crippen LogP contribution < -0.4 is 10.6 Å². The second-order valence-corrected chi connectivity index (χ2v) is 6.01. The predicted octanol–water partition coefficient (Wildman–Crippen LogP) is 0.530. The Hall–Kier alpha value is -2.09. The molecule has 1 aromatic rings. The van der Waals surface area contributed by atoms with E-state index in [1.807, 2.05) is 7.05 Å². The molecule has 1 rings (SSSR count). The first kappa shape index (κ1) is 18.0. The lowest BCUT2D eigenvalue weighted by atomic mass is 10.1.